The van der Waals surface area contributed by atoms with E-state index < -0.39 is 5.97 Å². The van der Waals surface area contributed by atoms with Crippen molar-refractivity contribution < 1.29 is 14.6 Å². The lowest BCUT2D eigenvalue weighted by Crippen LogP contribution is -2.07. The van der Waals surface area contributed by atoms with Gasteiger partial charge in [-0.1, -0.05) is 12.1 Å². The van der Waals surface area contributed by atoms with Gasteiger partial charge in [0.15, 0.2) is 0 Å². The van der Waals surface area contributed by atoms with Crippen molar-refractivity contribution in [2.24, 2.45) is 0 Å². The number of rotatable bonds is 5. The highest BCUT2D eigenvalue weighted by molar-refractivity contribution is 5.88. The number of ether oxygens (including phenoxy) is 1. The first-order valence-corrected chi connectivity index (χ1v) is 6.75. The van der Waals surface area contributed by atoms with Crippen molar-refractivity contribution in [3.63, 3.8) is 0 Å². The molecule has 0 radical (unpaired) electrons. The average molecular weight is 273 g/mol. The predicted molar refractivity (Wildman–Crippen MR) is 78.2 cm³/mol. The summed E-state index contributed by atoms with van der Waals surface area (Å²) in [5, 5.41) is 9.82. The number of hydrogen-bond acceptors (Lipinski definition) is 3. The normalized spacial score (nSPS) is 11.0. The van der Waals surface area contributed by atoms with E-state index in [1.807, 2.05) is 45.0 Å². The van der Waals surface area contributed by atoms with E-state index in [-0.39, 0.29) is 12.5 Å². The van der Waals surface area contributed by atoms with E-state index in [9.17, 15) is 4.79 Å². The summed E-state index contributed by atoms with van der Waals surface area (Å²) >= 11 is 0. The summed E-state index contributed by atoms with van der Waals surface area (Å²) in [6.07, 6.45) is 0.694. The summed E-state index contributed by atoms with van der Waals surface area (Å²) in [7, 11) is 0. The van der Waals surface area contributed by atoms with E-state index in [4.69, 9.17) is 9.84 Å². The Bertz CT molecular complexity index is 635. The fourth-order valence-electron chi connectivity index (χ4n) is 2.23. The number of pyridine rings is 1. The lowest BCUT2D eigenvalue weighted by molar-refractivity contribution is -0.136. The predicted octanol–water partition coefficient (Wildman–Crippen LogP) is 3.35. The van der Waals surface area contributed by atoms with Gasteiger partial charge in [0.1, 0.15) is 11.3 Å². The van der Waals surface area contributed by atoms with Gasteiger partial charge in [0.2, 0.25) is 0 Å². The molecule has 0 fully saturated rings. The summed E-state index contributed by atoms with van der Waals surface area (Å²) in [5.41, 5.74) is 2.68. The van der Waals surface area contributed by atoms with E-state index in [1.165, 1.54) is 0 Å². The van der Waals surface area contributed by atoms with E-state index in [0.717, 1.165) is 27.9 Å². The molecule has 0 aliphatic heterocycles. The zero-order valence-corrected chi connectivity index (χ0v) is 12.0. The first kappa shape index (κ1) is 14.3. The first-order chi connectivity index (χ1) is 9.47. The molecular formula is C16H19NO3. The van der Waals surface area contributed by atoms with Crippen LogP contribution in [0.1, 0.15) is 31.5 Å². The number of para-hydroxylation sites is 1. The van der Waals surface area contributed by atoms with Crippen molar-refractivity contribution in [3.05, 3.63) is 35.5 Å². The molecule has 20 heavy (non-hydrogen) atoms. The molecule has 1 aromatic heterocycles. The second kappa shape index (κ2) is 5.90. The molecule has 1 N–H and O–H groups in total. The number of hydrogen-bond donors (Lipinski definition) is 1. The molecule has 1 aromatic carbocycles. The molecule has 2 aromatic rings. The third-order valence-electron chi connectivity index (χ3n) is 2.99. The maximum atomic E-state index is 10.8. The number of carboxylic acid groups (broad SMARTS) is 1. The zero-order chi connectivity index (χ0) is 14.7. The van der Waals surface area contributed by atoms with E-state index >= 15 is 0 Å². The van der Waals surface area contributed by atoms with Crippen molar-refractivity contribution in [2.45, 2.75) is 39.7 Å². The van der Waals surface area contributed by atoms with Crippen LogP contribution in [-0.2, 0) is 11.2 Å². The van der Waals surface area contributed by atoms with Crippen molar-refractivity contribution >= 4 is 16.9 Å². The lowest BCUT2D eigenvalue weighted by Gasteiger charge is -2.14. The maximum Gasteiger partial charge on any atom is 0.303 e. The van der Waals surface area contributed by atoms with E-state index in [1.54, 1.807) is 0 Å². The summed E-state index contributed by atoms with van der Waals surface area (Å²) < 4.78 is 5.78. The van der Waals surface area contributed by atoms with Crippen LogP contribution >= 0.6 is 0 Å². The minimum atomic E-state index is -0.790. The summed E-state index contributed by atoms with van der Waals surface area (Å²) in [4.78, 5) is 15.3. The number of nitrogens with zero attached hydrogens (tertiary/aromatic N) is 1. The number of aromatic nitrogens is 1. The van der Waals surface area contributed by atoms with Crippen LogP contribution in [0.5, 0.6) is 5.75 Å². The first-order valence-electron chi connectivity index (χ1n) is 6.75. The highest BCUT2D eigenvalue weighted by Crippen LogP contribution is 2.28. The highest BCUT2D eigenvalue weighted by atomic mass is 16.5. The molecule has 1 heterocycles. The smallest absolute Gasteiger partial charge is 0.303 e. The third-order valence-corrected chi connectivity index (χ3v) is 2.99. The van der Waals surface area contributed by atoms with Crippen LogP contribution in [0.4, 0.5) is 0 Å². The molecule has 0 amide bonds. The number of aryl methyl sites for hydroxylation is 2. The summed E-state index contributed by atoms with van der Waals surface area (Å²) in [6.45, 7) is 5.86. The second-order valence-corrected chi connectivity index (χ2v) is 5.14. The Labute approximate surface area is 118 Å². The third kappa shape index (κ3) is 3.26. The molecule has 0 spiro atoms. The standard InChI is InChI=1S/C16H19NO3/c1-10(2)20-14-6-4-5-13-12(7-8-15(18)19)9-11(3)17-16(13)14/h4-6,9-10H,7-8H2,1-3H3,(H,18,19). The van der Waals surface area contributed by atoms with Gasteiger partial charge in [-0.05, 0) is 44.9 Å². The van der Waals surface area contributed by atoms with Gasteiger partial charge in [0.25, 0.3) is 0 Å². The van der Waals surface area contributed by atoms with Crippen LogP contribution in [0.2, 0.25) is 0 Å². The molecule has 0 aliphatic rings. The number of aliphatic carboxylic acids is 1. The molecule has 0 bridgehead atoms. The number of carboxylic acids is 1. The highest BCUT2D eigenvalue weighted by Gasteiger charge is 2.11. The van der Waals surface area contributed by atoms with Crippen LogP contribution in [0.25, 0.3) is 10.9 Å². The van der Waals surface area contributed by atoms with Crippen molar-refractivity contribution in [1.29, 1.82) is 0 Å². The van der Waals surface area contributed by atoms with Gasteiger partial charge in [-0.2, -0.15) is 0 Å². The second-order valence-electron chi connectivity index (χ2n) is 5.14. The van der Waals surface area contributed by atoms with Crippen LogP contribution in [-0.4, -0.2) is 22.2 Å². The molecule has 0 atom stereocenters. The summed E-state index contributed by atoms with van der Waals surface area (Å²) in [6, 6.07) is 7.73. The molecule has 0 aliphatic carbocycles. The Balaban J connectivity index is 2.51. The van der Waals surface area contributed by atoms with Gasteiger partial charge in [0.05, 0.1) is 6.10 Å². The lowest BCUT2D eigenvalue weighted by atomic mass is 10.0. The Morgan fingerprint density at radius 3 is 2.80 bits per heavy atom. The molecule has 106 valence electrons. The van der Waals surface area contributed by atoms with Crippen LogP contribution in [0.3, 0.4) is 0 Å². The van der Waals surface area contributed by atoms with Crippen LogP contribution in [0, 0.1) is 6.92 Å². The van der Waals surface area contributed by atoms with Crippen molar-refractivity contribution in [1.82, 2.24) is 4.98 Å². The number of carbonyl (C=O) groups is 1. The monoisotopic (exact) mass is 273 g/mol. The molecule has 4 heteroatoms. The van der Waals surface area contributed by atoms with Gasteiger partial charge in [-0.25, -0.2) is 4.98 Å². The van der Waals surface area contributed by atoms with Gasteiger partial charge < -0.3 is 9.84 Å². The largest absolute Gasteiger partial charge is 0.489 e. The minimum absolute atomic E-state index is 0.0744. The van der Waals surface area contributed by atoms with Gasteiger partial charge in [-0.15, -0.1) is 0 Å². The number of fused-ring (bicyclic) bond motifs is 1. The van der Waals surface area contributed by atoms with Crippen LogP contribution < -0.4 is 4.74 Å². The van der Waals surface area contributed by atoms with Crippen molar-refractivity contribution in [2.75, 3.05) is 0 Å². The minimum Gasteiger partial charge on any atom is -0.489 e. The molecule has 4 nitrogen and oxygen atoms in total. The SMILES string of the molecule is Cc1cc(CCC(=O)O)c2cccc(OC(C)C)c2n1. The van der Waals surface area contributed by atoms with Gasteiger partial charge in [0, 0.05) is 17.5 Å². The Morgan fingerprint density at radius 2 is 2.15 bits per heavy atom. The van der Waals surface area contributed by atoms with Gasteiger partial charge >= 0.3 is 5.97 Å². The quantitative estimate of drug-likeness (QED) is 0.907. The molecule has 0 saturated heterocycles. The fourth-order valence-corrected chi connectivity index (χ4v) is 2.23. The van der Waals surface area contributed by atoms with Crippen LogP contribution in [0.15, 0.2) is 24.3 Å². The van der Waals surface area contributed by atoms with Crippen molar-refractivity contribution in [3.8, 4) is 5.75 Å². The topological polar surface area (TPSA) is 59.4 Å². The molecular weight excluding hydrogens is 254 g/mol. The number of benzene rings is 1. The van der Waals surface area contributed by atoms with E-state index in [2.05, 4.69) is 4.98 Å². The van der Waals surface area contributed by atoms with Gasteiger partial charge in [-0.3, -0.25) is 4.79 Å². The Hall–Kier alpha value is -2.10. The summed E-state index contributed by atoms with van der Waals surface area (Å²) in [5.74, 6) is -0.0417. The zero-order valence-electron chi connectivity index (χ0n) is 12.0. The Kier molecular flexibility index (Phi) is 4.23. The van der Waals surface area contributed by atoms with E-state index in [0.29, 0.717) is 6.42 Å². The molecule has 0 saturated carbocycles. The maximum absolute atomic E-state index is 10.8. The average Bonchev–Trinajstić information content (AvgIpc) is 2.36. The molecule has 2 rings (SSSR count). The Morgan fingerprint density at radius 1 is 1.40 bits per heavy atom. The fraction of sp³-hybridized carbons (Fsp3) is 0.375. The molecule has 0 unspecified atom stereocenters.